The average Bonchev–Trinajstić information content (AvgIpc) is 2.50. The van der Waals surface area contributed by atoms with Gasteiger partial charge in [-0.25, -0.2) is 0 Å². The van der Waals surface area contributed by atoms with Gasteiger partial charge in [0.1, 0.15) is 0 Å². The Hall–Kier alpha value is -1.02. The molecule has 110 valence electrons. The van der Waals surface area contributed by atoms with Crippen LogP contribution in [0.2, 0.25) is 10.0 Å². The lowest BCUT2D eigenvalue weighted by atomic mass is 9.79. The number of nitrogens with two attached hydrogens (primary N) is 1. The molecule has 1 aliphatic rings. The summed E-state index contributed by atoms with van der Waals surface area (Å²) in [6.45, 7) is 0. The predicted octanol–water partition coefficient (Wildman–Crippen LogP) is 4.67. The Labute approximate surface area is 136 Å². The minimum atomic E-state index is 0.163. The standard InChI is InChI=1S/C18H19Cl2N/c19-16-8-5-12(9-17(16)20)10-18(21)15-7-6-13-3-1-2-4-14(13)11-15/h1-5,8-9,15,18H,6-7,10-11,21H2. The second-order valence-corrected chi connectivity index (χ2v) is 6.70. The van der Waals surface area contributed by atoms with Crippen LogP contribution in [0.1, 0.15) is 23.1 Å². The second kappa shape index (κ2) is 6.39. The molecular formula is C18H19Cl2N. The molecule has 2 N–H and O–H groups in total. The molecular weight excluding hydrogens is 301 g/mol. The van der Waals surface area contributed by atoms with Gasteiger partial charge >= 0.3 is 0 Å². The Morgan fingerprint density at radius 2 is 1.81 bits per heavy atom. The van der Waals surface area contributed by atoms with Crippen LogP contribution in [0.4, 0.5) is 0 Å². The molecule has 0 spiro atoms. The fourth-order valence-corrected chi connectivity index (χ4v) is 3.52. The van der Waals surface area contributed by atoms with E-state index in [0.29, 0.717) is 16.0 Å². The van der Waals surface area contributed by atoms with Gasteiger partial charge in [0.15, 0.2) is 0 Å². The van der Waals surface area contributed by atoms with E-state index in [1.165, 1.54) is 17.5 Å². The largest absolute Gasteiger partial charge is 0.327 e. The van der Waals surface area contributed by atoms with Crippen molar-refractivity contribution in [2.45, 2.75) is 31.7 Å². The average molecular weight is 320 g/mol. The monoisotopic (exact) mass is 319 g/mol. The Morgan fingerprint density at radius 3 is 2.57 bits per heavy atom. The maximum absolute atomic E-state index is 6.45. The van der Waals surface area contributed by atoms with Gasteiger partial charge in [0.25, 0.3) is 0 Å². The molecule has 0 saturated heterocycles. The summed E-state index contributed by atoms with van der Waals surface area (Å²) in [6.07, 6.45) is 4.23. The van der Waals surface area contributed by atoms with Crippen LogP contribution in [-0.4, -0.2) is 6.04 Å². The number of rotatable bonds is 3. The predicted molar refractivity (Wildman–Crippen MR) is 90.1 cm³/mol. The van der Waals surface area contributed by atoms with Gasteiger partial charge in [-0.15, -0.1) is 0 Å². The van der Waals surface area contributed by atoms with Crippen LogP contribution in [-0.2, 0) is 19.3 Å². The van der Waals surface area contributed by atoms with Crippen molar-refractivity contribution in [3.05, 3.63) is 69.2 Å². The van der Waals surface area contributed by atoms with Crippen molar-refractivity contribution in [3.63, 3.8) is 0 Å². The van der Waals surface area contributed by atoms with Crippen LogP contribution in [0, 0.1) is 5.92 Å². The summed E-state index contributed by atoms with van der Waals surface area (Å²) < 4.78 is 0. The molecule has 0 heterocycles. The zero-order chi connectivity index (χ0) is 14.8. The topological polar surface area (TPSA) is 26.0 Å². The quantitative estimate of drug-likeness (QED) is 0.874. The zero-order valence-corrected chi connectivity index (χ0v) is 13.4. The minimum absolute atomic E-state index is 0.163. The van der Waals surface area contributed by atoms with E-state index in [2.05, 4.69) is 24.3 Å². The highest BCUT2D eigenvalue weighted by Crippen LogP contribution is 2.29. The van der Waals surface area contributed by atoms with E-state index < -0.39 is 0 Å². The van der Waals surface area contributed by atoms with Crippen molar-refractivity contribution < 1.29 is 0 Å². The van der Waals surface area contributed by atoms with E-state index >= 15 is 0 Å². The molecule has 2 unspecified atom stereocenters. The summed E-state index contributed by atoms with van der Waals surface area (Å²) in [5.41, 5.74) is 10.6. The highest BCUT2D eigenvalue weighted by Gasteiger charge is 2.23. The van der Waals surface area contributed by atoms with E-state index in [1.807, 2.05) is 18.2 Å². The fourth-order valence-electron chi connectivity index (χ4n) is 3.20. The Morgan fingerprint density at radius 1 is 1.05 bits per heavy atom. The zero-order valence-electron chi connectivity index (χ0n) is 11.9. The van der Waals surface area contributed by atoms with Gasteiger partial charge in [-0.05, 0) is 60.4 Å². The molecule has 3 heteroatoms. The molecule has 1 aliphatic carbocycles. The van der Waals surface area contributed by atoms with Gasteiger partial charge in [-0.3, -0.25) is 0 Å². The number of hydrogen-bond acceptors (Lipinski definition) is 1. The Balaban J connectivity index is 1.69. The third-order valence-corrected chi connectivity index (χ3v) is 5.18. The van der Waals surface area contributed by atoms with Crippen LogP contribution < -0.4 is 5.73 Å². The molecule has 2 atom stereocenters. The lowest BCUT2D eigenvalue weighted by molar-refractivity contribution is 0.372. The summed E-state index contributed by atoms with van der Waals surface area (Å²) in [7, 11) is 0. The maximum Gasteiger partial charge on any atom is 0.0595 e. The fraction of sp³-hybridized carbons (Fsp3) is 0.333. The van der Waals surface area contributed by atoms with Gasteiger partial charge in [0, 0.05) is 6.04 Å². The maximum atomic E-state index is 6.45. The van der Waals surface area contributed by atoms with E-state index in [4.69, 9.17) is 28.9 Å². The van der Waals surface area contributed by atoms with Gasteiger partial charge in [-0.2, -0.15) is 0 Å². The van der Waals surface area contributed by atoms with Crippen LogP contribution in [0.5, 0.6) is 0 Å². The number of aryl methyl sites for hydroxylation is 1. The van der Waals surface area contributed by atoms with Crippen molar-refractivity contribution in [2.24, 2.45) is 11.7 Å². The van der Waals surface area contributed by atoms with E-state index in [9.17, 15) is 0 Å². The SMILES string of the molecule is NC(Cc1ccc(Cl)c(Cl)c1)C1CCc2ccccc2C1. The number of halogens is 2. The molecule has 2 aromatic rings. The van der Waals surface area contributed by atoms with Crippen molar-refractivity contribution >= 4 is 23.2 Å². The van der Waals surface area contributed by atoms with Crippen molar-refractivity contribution in [3.8, 4) is 0 Å². The van der Waals surface area contributed by atoms with Gasteiger partial charge in [-0.1, -0.05) is 53.5 Å². The third kappa shape index (κ3) is 3.42. The summed E-state index contributed by atoms with van der Waals surface area (Å²) in [5, 5.41) is 1.20. The molecule has 1 nitrogen and oxygen atoms in total. The molecule has 0 fully saturated rings. The second-order valence-electron chi connectivity index (χ2n) is 5.89. The summed E-state index contributed by atoms with van der Waals surface area (Å²) in [6, 6.07) is 14.7. The normalized spacial score (nSPS) is 19.1. The Kier molecular flexibility index (Phi) is 4.54. The number of fused-ring (bicyclic) bond motifs is 1. The molecule has 0 aliphatic heterocycles. The van der Waals surface area contributed by atoms with Crippen LogP contribution >= 0.6 is 23.2 Å². The van der Waals surface area contributed by atoms with Crippen molar-refractivity contribution in [1.29, 1.82) is 0 Å². The molecule has 21 heavy (non-hydrogen) atoms. The van der Waals surface area contributed by atoms with Crippen molar-refractivity contribution in [1.82, 2.24) is 0 Å². The van der Waals surface area contributed by atoms with E-state index in [0.717, 1.165) is 24.8 Å². The lowest BCUT2D eigenvalue weighted by Crippen LogP contribution is -2.35. The van der Waals surface area contributed by atoms with Gasteiger partial charge in [0.2, 0.25) is 0 Å². The van der Waals surface area contributed by atoms with E-state index in [1.54, 1.807) is 0 Å². The van der Waals surface area contributed by atoms with E-state index in [-0.39, 0.29) is 6.04 Å². The molecule has 0 saturated carbocycles. The first-order valence-electron chi connectivity index (χ1n) is 7.40. The summed E-state index contributed by atoms with van der Waals surface area (Å²) >= 11 is 12.0. The van der Waals surface area contributed by atoms with Crippen molar-refractivity contribution in [2.75, 3.05) is 0 Å². The number of benzene rings is 2. The first-order chi connectivity index (χ1) is 10.1. The minimum Gasteiger partial charge on any atom is -0.327 e. The van der Waals surface area contributed by atoms with Crippen LogP contribution in [0.25, 0.3) is 0 Å². The van der Waals surface area contributed by atoms with Crippen LogP contribution in [0.3, 0.4) is 0 Å². The molecule has 0 radical (unpaired) electrons. The molecule has 3 rings (SSSR count). The highest BCUT2D eigenvalue weighted by molar-refractivity contribution is 6.42. The summed E-state index contributed by atoms with van der Waals surface area (Å²) in [4.78, 5) is 0. The molecule has 2 aromatic carbocycles. The highest BCUT2D eigenvalue weighted by atomic mass is 35.5. The Bertz CT molecular complexity index is 639. The van der Waals surface area contributed by atoms with Gasteiger partial charge in [0.05, 0.1) is 10.0 Å². The third-order valence-electron chi connectivity index (χ3n) is 4.45. The lowest BCUT2D eigenvalue weighted by Gasteiger charge is -2.29. The first-order valence-corrected chi connectivity index (χ1v) is 8.15. The molecule has 0 bridgehead atoms. The number of hydrogen-bond donors (Lipinski definition) is 1. The molecule has 0 amide bonds. The van der Waals surface area contributed by atoms with Gasteiger partial charge < -0.3 is 5.73 Å². The first kappa shape index (κ1) is 14.9. The summed E-state index contributed by atoms with van der Waals surface area (Å²) in [5.74, 6) is 0.536. The molecule has 0 aromatic heterocycles. The smallest absolute Gasteiger partial charge is 0.0595 e. The van der Waals surface area contributed by atoms with Crippen LogP contribution in [0.15, 0.2) is 42.5 Å².